The number of piperidine rings is 1. The van der Waals surface area contributed by atoms with Gasteiger partial charge >= 0.3 is 5.97 Å². The van der Waals surface area contributed by atoms with Crippen LogP contribution in [0.1, 0.15) is 29.7 Å². The molecule has 0 bridgehead atoms. The van der Waals surface area contributed by atoms with Crippen LogP contribution in [0.15, 0.2) is 48.7 Å². The number of carboxylic acid groups (broad SMARTS) is 1. The Bertz CT molecular complexity index is 748. The third kappa shape index (κ3) is 3.55. The number of likely N-dealkylation sites (tertiary alicyclic amines) is 1. The average molecular weight is 338 g/mol. The first-order valence-corrected chi connectivity index (χ1v) is 8.49. The Balaban J connectivity index is 1.68. The smallest absolute Gasteiger partial charge is 0.314 e. The number of carboxylic acids is 1. The second-order valence-electron chi connectivity index (χ2n) is 6.62. The maximum atomic E-state index is 12.5. The largest absolute Gasteiger partial charge is 0.481 e. The van der Waals surface area contributed by atoms with Gasteiger partial charge in [0.25, 0.3) is 0 Å². The van der Waals surface area contributed by atoms with E-state index >= 15 is 0 Å². The number of hydrogen-bond donors (Lipinski definition) is 1. The van der Waals surface area contributed by atoms with Crippen molar-refractivity contribution in [1.82, 2.24) is 9.88 Å². The molecule has 0 atom stereocenters. The summed E-state index contributed by atoms with van der Waals surface area (Å²) < 4.78 is 0. The highest BCUT2D eigenvalue weighted by Crippen LogP contribution is 2.36. The highest BCUT2D eigenvalue weighted by Gasteiger charge is 2.43. The monoisotopic (exact) mass is 338 g/mol. The number of rotatable bonds is 4. The van der Waals surface area contributed by atoms with Gasteiger partial charge in [-0.1, -0.05) is 36.4 Å². The zero-order valence-electron chi connectivity index (χ0n) is 14.3. The molecule has 1 aromatic carbocycles. The molecule has 0 radical (unpaired) electrons. The summed E-state index contributed by atoms with van der Waals surface area (Å²) in [4.78, 5) is 30.5. The van der Waals surface area contributed by atoms with E-state index in [1.165, 1.54) is 0 Å². The molecule has 5 heteroatoms. The third-order valence-corrected chi connectivity index (χ3v) is 5.03. The molecule has 0 unspecified atom stereocenters. The van der Waals surface area contributed by atoms with Gasteiger partial charge in [0.05, 0.1) is 11.8 Å². The van der Waals surface area contributed by atoms with E-state index in [0.717, 1.165) is 16.8 Å². The van der Waals surface area contributed by atoms with E-state index in [1.54, 1.807) is 11.1 Å². The fraction of sp³-hybridized carbons (Fsp3) is 0.350. The summed E-state index contributed by atoms with van der Waals surface area (Å²) in [5, 5.41) is 9.82. The van der Waals surface area contributed by atoms with Crippen LogP contribution in [0.4, 0.5) is 0 Å². The normalized spacial score (nSPS) is 16.4. The van der Waals surface area contributed by atoms with E-state index in [-0.39, 0.29) is 5.91 Å². The maximum Gasteiger partial charge on any atom is 0.314 e. The van der Waals surface area contributed by atoms with Gasteiger partial charge in [0.15, 0.2) is 0 Å². The van der Waals surface area contributed by atoms with Crippen molar-refractivity contribution < 1.29 is 14.7 Å². The Morgan fingerprint density at radius 3 is 2.36 bits per heavy atom. The number of aromatic nitrogens is 1. The summed E-state index contributed by atoms with van der Waals surface area (Å²) in [5.74, 6) is -0.786. The van der Waals surface area contributed by atoms with E-state index in [2.05, 4.69) is 4.98 Å². The van der Waals surface area contributed by atoms with E-state index in [9.17, 15) is 14.7 Å². The fourth-order valence-corrected chi connectivity index (χ4v) is 3.41. The van der Waals surface area contributed by atoms with Crippen LogP contribution in [0, 0.1) is 6.92 Å². The van der Waals surface area contributed by atoms with Crippen LogP contribution in [-0.2, 0) is 21.4 Å². The van der Waals surface area contributed by atoms with Crippen molar-refractivity contribution in [2.75, 3.05) is 13.1 Å². The van der Waals surface area contributed by atoms with Crippen LogP contribution in [0.25, 0.3) is 0 Å². The number of carbonyl (C=O) groups excluding carboxylic acids is 1. The summed E-state index contributed by atoms with van der Waals surface area (Å²) in [6.45, 7) is 2.82. The number of nitrogens with zero attached hydrogens (tertiary/aromatic N) is 2. The van der Waals surface area contributed by atoms with E-state index in [0.29, 0.717) is 32.4 Å². The van der Waals surface area contributed by atoms with E-state index in [1.807, 2.05) is 49.4 Å². The molecule has 1 saturated heterocycles. The summed E-state index contributed by atoms with van der Waals surface area (Å²) >= 11 is 0. The molecule has 0 aliphatic carbocycles. The van der Waals surface area contributed by atoms with E-state index < -0.39 is 11.4 Å². The third-order valence-electron chi connectivity index (χ3n) is 5.03. The molecule has 1 aliphatic rings. The fourth-order valence-electron chi connectivity index (χ4n) is 3.41. The Kier molecular flexibility index (Phi) is 4.83. The van der Waals surface area contributed by atoms with Gasteiger partial charge in [-0.2, -0.15) is 0 Å². The Hall–Kier alpha value is -2.69. The number of amides is 1. The first kappa shape index (κ1) is 17.1. The van der Waals surface area contributed by atoms with Crippen molar-refractivity contribution in [2.45, 2.75) is 31.6 Å². The van der Waals surface area contributed by atoms with Crippen molar-refractivity contribution >= 4 is 11.9 Å². The topological polar surface area (TPSA) is 70.5 Å². The van der Waals surface area contributed by atoms with Crippen LogP contribution < -0.4 is 0 Å². The quantitative estimate of drug-likeness (QED) is 0.930. The SMILES string of the molecule is Cc1ccc(CC(=O)N2CCC(C(=O)O)(c3ccccc3)CC2)cn1. The van der Waals surface area contributed by atoms with Gasteiger partial charge < -0.3 is 10.0 Å². The summed E-state index contributed by atoms with van der Waals surface area (Å²) in [6.07, 6.45) is 2.90. The molecule has 0 saturated carbocycles. The Morgan fingerprint density at radius 2 is 1.80 bits per heavy atom. The lowest BCUT2D eigenvalue weighted by Crippen LogP contribution is -2.49. The number of hydrogen-bond acceptors (Lipinski definition) is 3. The first-order chi connectivity index (χ1) is 12.0. The minimum absolute atomic E-state index is 0.0257. The van der Waals surface area contributed by atoms with Crippen LogP contribution in [0.3, 0.4) is 0 Å². The number of aliphatic carboxylic acids is 1. The molecule has 1 aromatic heterocycles. The second-order valence-corrected chi connectivity index (χ2v) is 6.62. The zero-order valence-corrected chi connectivity index (χ0v) is 14.3. The van der Waals surface area contributed by atoms with Crippen molar-refractivity contribution in [3.63, 3.8) is 0 Å². The molecular formula is C20H22N2O3. The summed E-state index contributed by atoms with van der Waals surface area (Å²) in [5.41, 5.74) is 1.72. The first-order valence-electron chi connectivity index (χ1n) is 8.49. The molecule has 3 rings (SSSR count). The lowest BCUT2D eigenvalue weighted by molar-refractivity contribution is -0.148. The lowest BCUT2D eigenvalue weighted by Gasteiger charge is -2.39. The molecule has 1 N–H and O–H groups in total. The molecular weight excluding hydrogens is 316 g/mol. The Labute approximate surface area is 147 Å². The van der Waals surface area contributed by atoms with Crippen LogP contribution in [0.2, 0.25) is 0 Å². The number of carbonyl (C=O) groups is 2. The molecule has 5 nitrogen and oxygen atoms in total. The summed E-state index contributed by atoms with van der Waals surface area (Å²) in [6, 6.07) is 13.1. The maximum absolute atomic E-state index is 12.5. The second kappa shape index (κ2) is 7.05. The van der Waals surface area contributed by atoms with Gasteiger partial charge in [0, 0.05) is 25.0 Å². The zero-order chi connectivity index (χ0) is 17.9. The summed E-state index contributed by atoms with van der Waals surface area (Å²) in [7, 11) is 0. The lowest BCUT2D eigenvalue weighted by atomic mass is 9.73. The van der Waals surface area contributed by atoms with Crippen LogP contribution in [-0.4, -0.2) is 40.0 Å². The van der Waals surface area contributed by atoms with Gasteiger partial charge in [-0.3, -0.25) is 14.6 Å². The van der Waals surface area contributed by atoms with Gasteiger partial charge in [0.2, 0.25) is 5.91 Å². The number of pyridine rings is 1. The van der Waals surface area contributed by atoms with Crippen LogP contribution >= 0.6 is 0 Å². The highest BCUT2D eigenvalue weighted by atomic mass is 16.4. The molecule has 25 heavy (non-hydrogen) atoms. The van der Waals surface area contributed by atoms with Crippen molar-refractivity contribution in [1.29, 1.82) is 0 Å². The van der Waals surface area contributed by atoms with Crippen molar-refractivity contribution in [3.05, 3.63) is 65.5 Å². The van der Waals surface area contributed by atoms with E-state index in [4.69, 9.17) is 0 Å². The van der Waals surface area contributed by atoms with Gasteiger partial charge in [-0.15, -0.1) is 0 Å². The molecule has 2 aromatic rings. The van der Waals surface area contributed by atoms with Gasteiger partial charge in [-0.05, 0) is 37.0 Å². The molecule has 1 amide bonds. The minimum Gasteiger partial charge on any atom is -0.481 e. The van der Waals surface area contributed by atoms with Crippen LogP contribution in [0.5, 0.6) is 0 Å². The standard InChI is InChI=1S/C20H22N2O3/c1-15-7-8-16(14-21-15)13-18(23)22-11-9-20(10-12-22,19(24)25)17-5-3-2-4-6-17/h2-8,14H,9-13H2,1H3,(H,24,25). The Morgan fingerprint density at radius 1 is 1.12 bits per heavy atom. The molecule has 1 fully saturated rings. The number of aryl methyl sites for hydroxylation is 1. The number of benzene rings is 1. The minimum atomic E-state index is -0.899. The molecule has 130 valence electrons. The van der Waals surface area contributed by atoms with Crippen molar-refractivity contribution in [3.8, 4) is 0 Å². The molecule has 0 spiro atoms. The molecule has 1 aliphatic heterocycles. The highest BCUT2D eigenvalue weighted by molar-refractivity contribution is 5.83. The predicted molar refractivity (Wildman–Crippen MR) is 94.2 cm³/mol. The van der Waals surface area contributed by atoms with Gasteiger partial charge in [0.1, 0.15) is 0 Å². The van der Waals surface area contributed by atoms with Gasteiger partial charge in [-0.25, -0.2) is 0 Å². The average Bonchev–Trinajstić information content (AvgIpc) is 2.64. The molecule has 2 heterocycles. The van der Waals surface area contributed by atoms with Crippen molar-refractivity contribution in [2.24, 2.45) is 0 Å². The predicted octanol–water partition coefficient (Wildman–Crippen LogP) is 2.58.